The number of esters is 2. The number of hydrogen-bond acceptors (Lipinski definition) is 8. The van der Waals surface area contributed by atoms with Gasteiger partial charge in [-0.25, -0.2) is 4.79 Å². The van der Waals surface area contributed by atoms with E-state index in [1.165, 1.54) is 48.4 Å². The molecule has 1 N–H and O–H groups in total. The smallest absolute Gasteiger partial charge is 0.337 e. The van der Waals surface area contributed by atoms with Crippen LogP contribution < -0.4 is 10.2 Å². The number of nitro groups is 1. The molecule has 1 atom stereocenters. The van der Waals surface area contributed by atoms with Gasteiger partial charge in [-0.1, -0.05) is 6.07 Å². The van der Waals surface area contributed by atoms with E-state index in [0.717, 1.165) is 0 Å². The lowest BCUT2D eigenvalue weighted by Gasteiger charge is -2.16. The Hall–Kier alpha value is -4.28. The van der Waals surface area contributed by atoms with Crippen LogP contribution in [-0.2, 0) is 23.9 Å². The number of ether oxygens (including phenoxy) is 2. The molecule has 172 valence electrons. The van der Waals surface area contributed by atoms with E-state index in [-0.39, 0.29) is 24.6 Å². The van der Waals surface area contributed by atoms with Gasteiger partial charge < -0.3 is 19.7 Å². The first-order valence-corrected chi connectivity index (χ1v) is 9.90. The molecule has 0 saturated carbocycles. The summed E-state index contributed by atoms with van der Waals surface area (Å²) in [6.07, 6.45) is -0.128. The number of rotatable bonds is 7. The van der Waals surface area contributed by atoms with E-state index < -0.39 is 35.3 Å². The molecule has 0 aromatic heterocycles. The van der Waals surface area contributed by atoms with Crippen molar-refractivity contribution in [3.63, 3.8) is 0 Å². The molecule has 1 aliphatic rings. The Kier molecular flexibility index (Phi) is 7.01. The zero-order valence-corrected chi connectivity index (χ0v) is 17.9. The summed E-state index contributed by atoms with van der Waals surface area (Å²) in [6.45, 7) is 1.03. The lowest BCUT2D eigenvalue weighted by atomic mass is 10.1. The molecule has 11 nitrogen and oxygen atoms in total. The van der Waals surface area contributed by atoms with Crippen LogP contribution in [0.4, 0.5) is 17.1 Å². The van der Waals surface area contributed by atoms with Gasteiger partial charge in [0, 0.05) is 30.3 Å². The highest BCUT2D eigenvalue weighted by Crippen LogP contribution is 2.30. The first kappa shape index (κ1) is 23.4. The van der Waals surface area contributed by atoms with Gasteiger partial charge >= 0.3 is 11.9 Å². The predicted octanol–water partition coefficient (Wildman–Crippen LogP) is 2.22. The van der Waals surface area contributed by atoms with Crippen molar-refractivity contribution in [3.8, 4) is 0 Å². The minimum absolute atomic E-state index is 0.00547. The Balaban J connectivity index is 1.54. The SMILES string of the molecule is COC(=O)c1ccc(NC(=O)COC(=O)[C@@H]2CC(=O)N(c3ccc(C)c([N+](=O)[O-])c3)C2)cc1. The Bertz CT molecular complexity index is 1110. The van der Waals surface area contributed by atoms with E-state index in [0.29, 0.717) is 22.5 Å². The van der Waals surface area contributed by atoms with Crippen LogP contribution in [0, 0.1) is 23.0 Å². The molecule has 11 heteroatoms. The number of benzene rings is 2. The first-order valence-electron chi connectivity index (χ1n) is 9.90. The summed E-state index contributed by atoms with van der Waals surface area (Å²) in [6, 6.07) is 10.4. The van der Waals surface area contributed by atoms with E-state index in [9.17, 15) is 29.3 Å². The van der Waals surface area contributed by atoms with Crippen LogP contribution in [0.1, 0.15) is 22.3 Å². The summed E-state index contributed by atoms with van der Waals surface area (Å²) >= 11 is 0. The van der Waals surface area contributed by atoms with Crippen LogP contribution in [0.15, 0.2) is 42.5 Å². The third-order valence-corrected chi connectivity index (χ3v) is 5.09. The lowest BCUT2D eigenvalue weighted by Crippen LogP contribution is -2.28. The minimum atomic E-state index is -0.801. The highest BCUT2D eigenvalue weighted by molar-refractivity contribution is 6.00. The molecule has 1 aliphatic heterocycles. The molecule has 0 spiro atoms. The van der Waals surface area contributed by atoms with E-state index in [2.05, 4.69) is 10.1 Å². The molecule has 2 aromatic carbocycles. The average Bonchev–Trinajstić information content (AvgIpc) is 3.19. The fourth-order valence-corrected chi connectivity index (χ4v) is 3.34. The largest absolute Gasteiger partial charge is 0.465 e. The molecule has 1 saturated heterocycles. The molecule has 0 aliphatic carbocycles. The standard InChI is InChI=1S/C22H21N3O8/c1-13-3-8-17(10-18(13)25(30)31)24-11-15(9-20(24)27)22(29)33-12-19(26)23-16-6-4-14(5-7-16)21(28)32-2/h3-8,10,15H,9,11-12H2,1-2H3,(H,23,26)/t15-/m1/s1. The predicted molar refractivity (Wildman–Crippen MR) is 116 cm³/mol. The van der Waals surface area contributed by atoms with Crippen molar-refractivity contribution in [2.45, 2.75) is 13.3 Å². The van der Waals surface area contributed by atoms with E-state index >= 15 is 0 Å². The molecule has 2 amide bonds. The number of carbonyl (C=O) groups excluding carboxylic acids is 4. The van der Waals surface area contributed by atoms with Crippen molar-refractivity contribution in [2.24, 2.45) is 5.92 Å². The van der Waals surface area contributed by atoms with Gasteiger partial charge in [0.1, 0.15) is 0 Å². The third kappa shape index (κ3) is 5.50. The maximum atomic E-state index is 12.4. The second-order valence-corrected chi connectivity index (χ2v) is 7.36. The number of nitro benzene ring substituents is 1. The van der Waals surface area contributed by atoms with Crippen LogP contribution in [0.2, 0.25) is 0 Å². The van der Waals surface area contributed by atoms with Crippen LogP contribution in [0.3, 0.4) is 0 Å². The first-order chi connectivity index (χ1) is 15.7. The fourth-order valence-electron chi connectivity index (χ4n) is 3.34. The molecule has 0 radical (unpaired) electrons. The van der Waals surface area contributed by atoms with Gasteiger partial charge in [-0.2, -0.15) is 0 Å². The number of carbonyl (C=O) groups is 4. The highest BCUT2D eigenvalue weighted by atomic mass is 16.6. The van der Waals surface area contributed by atoms with Crippen molar-refractivity contribution in [3.05, 3.63) is 63.7 Å². The van der Waals surface area contributed by atoms with E-state index in [4.69, 9.17) is 4.74 Å². The zero-order valence-electron chi connectivity index (χ0n) is 17.9. The van der Waals surface area contributed by atoms with Crippen molar-refractivity contribution >= 4 is 40.8 Å². The van der Waals surface area contributed by atoms with Gasteiger partial charge in [-0.15, -0.1) is 0 Å². The molecule has 3 rings (SSSR count). The summed E-state index contributed by atoms with van der Waals surface area (Å²) in [5, 5.41) is 13.7. The maximum absolute atomic E-state index is 12.4. The molecule has 0 bridgehead atoms. The van der Waals surface area contributed by atoms with Gasteiger partial charge in [-0.05, 0) is 37.3 Å². The molecule has 2 aromatic rings. The third-order valence-electron chi connectivity index (χ3n) is 5.09. The van der Waals surface area contributed by atoms with E-state index in [1.807, 2.05) is 0 Å². The highest BCUT2D eigenvalue weighted by Gasteiger charge is 2.37. The second kappa shape index (κ2) is 9.90. The number of anilines is 2. The molecule has 1 heterocycles. The maximum Gasteiger partial charge on any atom is 0.337 e. The molecule has 1 fully saturated rings. The minimum Gasteiger partial charge on any atom is -0.465 e. The van der Waals surface area contributed by atoms with Crippen LogP contribution in [-0.4, -0.2) is 48.9 Å². The number of methoxy groups -OCH3 is 1. The van der Waals surface area contributed by atoms with Gasteiger partial charge in [0.15, 0.2) is 6.61 Å². The van der Waals surface area contributed by atoms with Crippen LogP contribution >= 0.6 is 0 Å². The Morgan fingerprint density at radius 3 is 2.52 bits per heavy atom. The van der Waals surface area contributed by atoms with E-state index in [1.54, 1.807) is 13.0 Å². The fraction of sp³-hybridized carbons (Fsp3) is 0.273. The van der Waals surface area contributed by atoms with Crippen molar-refractivity contribution in [1.29, 1.82) is 0 Å². The Labute approximate surface area is 188 Å². The van der Waals surface area contributed by atoms with Crippen molar-refractivity contribution < 1.29 is 33.6 Å². The average molecular weight is 455 g/mol. The van der Waals surface area contributed by atoms with Crippen molar-refractivity contribution in [2.75, 3.05) is 30.5 Å². The number of nitrogens with zero attached hydrogens (tertiary/aromatic N) is 2. The number of aryl methyl sites for hydroxylation is 1. The zero-order chi connectivity index (χ0) is 24.1. The van der Waals surface area contributed by atoms with Crippen LogP contribution in [0.25, 0.3) is 0 Å². The molecule has 33 heavy (non-hydrogen) atoms. The summed E-state index contributed by atoms with van der Waals surface area (Å²) in [7, 11) is 1.26. The number of amides is 2. The Morgan fingerprint density at radius 2 is 1.88 bits per heavy atom. The summed E-state index contributed by atoms with van der Waals surface area (Å²) in [4.78, 5) is 60.1. The Morgan fingerprint density at radius 1 is 1.18 bits per heavy atom. The summed E-state index contributed by atoms with van der Waals surface area (Å²) in [5.74, 6) is -2.99. The van der Waals surface area contributed by atoms with Gasteiger partial charge in [0.2, 0.25) is 5.91 Å². The monoisotopic (exact) mass is 455 g/mol. The normalized spacial score (nSPS) is 15.2. The quantitative estimate of drug-likeness (QED) is 0.380. The molecular weight excluding hydrogens is 434 g/mol. The van der Waals surface area contributed by atoms with Crippen molar-refractivity contribution in [1.82, 2.24) is 0 Å². The lowest BCUT2D eigenvalue weighted by molar-refractivity contribution is -0.385. The number of hydrogen-bond donors (Lipinski definition) is 1. The van der Waals surface area contributed by atoms with Crippen LogP contribution in [0.5, 0.6) is 0 Å². The molecular formula is C22H21N3O8. The number of nitrogens with one attached hydrogen (secondary N) is 1. The van der Waals surface area contributed by atoms with Gasteiger partial charge in [0.25, 0.3) is 11.6 Å². The second-order valence-electron chi connectivity index (χ2n) is 7.36. The topological polar surface area (TPSA) is 145 Å². The summed E-state index contributed by atoms with van der Waals surface area (Å²) < 4.78 is 9.64. The van der Waals surface area contributed by atoms with Gasteiger partial charge in [-0.3, -0.25) is 24.5 Å². The van der Waals surface area contributed by atoms with Gasteiger partial charge in [0.05, 0.1) is 29.2 Å². The molecule has 0 unspecified atom stereocenters. The summed E-state index contributed by atoms with van der Waals surface area (Å²) in [5.41, 5.74) is 1.36.